The molecule has 2 saturated heterocycles. The highest BCUT2D eigenvalue weighted by Gasteiger charge is 2.52. The summed E-state index contributed by atoms with van der Waals surface area (Å²) in [7, 11) is 0. The first-order chi connectivity index (χ1) is 28.4. The van der Waals surface area contributed by atoms with Crippen molar-refractivity contribution in [3.63, 3.8) is 0 Å². The number of carbonyl (C=O) groups excluding carboxylic acids is 2. The normalized spacial score (nSPS) is 21.3. The zero-order chi connectivity index (χ0) is 41.1. The zero-order valence-corrected chi connectivity index (χ0v) is 34.7. The van der Waals surface area contributed by atoms with Crippen LogP contribution >= 0.6 is 11.3 Å². The van der Waals surface area contributed by atoms with Gasteiger partial charge in [0.05, 0.1) is 39.4 Å². The number of hydrogen-bond acceptors (Lipinski definition) is 11. The van der Waals surface area contributed by atoms with E-state index in [1.807, 2.05) is 81.9 Å². The van der Waals surface area contributed by atoms with Gasteiger partial charge in [0.1, 0.15) is 11.3 Å². The number of β-amino-alcohol motifs (C(OH)–C–C–N with tert-alkyl or cyclic N) is 1. The molecule has 0 bridgehead atoms. The van der Waals surface area contributed by atoms with Crippen LogP contribution in [0.2, 0.25) is 0 Å². The summed E-state index contributed by atoms with van der Waals surface area (Å²) in [5.41, 5.74) is 8.85. The van der Waals surface area contributed by atoms with E-state index in [1.165, 1.54) is 5.69 Å². The maximum absolute atomic E-state index is 14.4. The van der Waals surface area contributed by atoms with Gasteiger partial charge in [0.2, 0.25) is 5.91 Å². The van der Waals surface area contributed by atoms with Crippen LogP contribution in [0.25, 0.3) is 32.7 Å². The van der Waals surface area contributed by atoms with Gasteiger partial charge in [-0.15, -0.1) is 21.5 Å². The molecule has 304 valence electrons. The van der Waals surface area contributed by atoms with E-state index in [9.17, 15) is 19.8 Å². The van der Waals surface area contributed by atoms with E-state index in [2.05, 4.69) is 53.5 Å². The number of thiazole rings is 1. The summed E-state index contributed by atoms with van der Waals surface area (Å²) in [6, 6.07) is 23.7. The van der Waals surface area contributed by atoms with Crippen LogP contribution in [0.5, 0.6) is 5.75 Å². The molecule has 1 unspecified atom stereocenters. The Labute approximate surface area is 347 Å². The molecule has 3 fully saturated rings. The average Bonchev–Trinajstić information content (AvgIpc) is 3.55. The van der Waals surface area contributed by atoms with Crippen LogP contribution in [0.15, 0.2) is 84.5 Å². The number of carbonyl (C=O) groups is 2. The zero-order valence-electron chi connectivity index (χ0n) is 33.9. The minimum absolute atomic E-state index is 0.00586. The van der Waals surface area contributed by atoms with Crippen LogP contribution in [-0.2, 0) is 15.0 Å². The van der Waals surface area contributed by atoms with E-state index >= 15 is 0 Å². The van der Waals surface area contributed by atoms with Gasteiger partial charge in [-0.25, -0.2) is 4.98 Å². The van der Waals surface area contributed by atoms with Gasteiger partial charge in [0.25, 0.3) is 0 Å². The number of pyridine rings is 1. The Bertz CT molecular complexity index is 2550. The van der Waals surface area contributed by atoms with Gasteiger partial charge in [0.15, 0.2) is 11.3 Å². The SMILES string of the molecule is Cc1ncsc1-c1ccc([C@H](C)NC(=O)[C@]2(C(=O)CC(C)(C)c3cc(N4CC[C@@H](c5cc6nnc(-c7ccccc7O)cc6n5C5CC5)C4)ccn3)CC(O)CN2)cc1. The topological polar surface area (TPSA) is 158 Å². The molecule has 4 N–H and O–H groups in total. The van der Waals surface area contributed by atoms with E-state index in [0.717, 1.165) is 76.5 Å². The third-order valence-electron chi connectivity index (χ3n) is 12.5. The molecular formula is C46H50N8O4S. The second-order valence-corrected chi connectivity index (χ2v) is 18.1. The van der Waals surface area contributed by atoms with Crippen molar-refractivity contribution in [2.45, 2.75) is 94.9 Å². The summed E-state index contributed by atoms with van der Waals surface area (Å²) in [6.07, 6.45) is 4.28. The quantitative estimate of drug-likeness (QED) is 0.0935. The standard InChI is InChI=1S/C46H50N8O4S/c1-27(29-9-11-30(12-10-29)43-28(2)48-26-59-43)50-44(58)46(22-34(55)24-49-46)42(57)23-45(3,4)41-19-33(15-17-47-41)53-18-16-31(25-53)38-21-37-39(54(38)32-13-14-32)20-36(51-52-37)35-7-5-6-8-40(35)56/h5-12,15,17,19-21,26-27,31-32,34,49,55-56H,13-14,16,18,22-25H2,1-4H3,(H,50,58)/t27-,31+,34?,46+/m0/s1. The Morgan fingerprint density at radius 2 is 1.83 bits per heavy atom. The Hall–Kier alpha value is -5.50. The van der Waals surface area contributed by atoms with Crippen LogP contribution in [0, 0.1) is 6.92 Å². The molecule has 1 aliphatic carbocycles. The number of aromatic hydroxyl groups is 1. The third kappa shape index (κ3) is 7.40. The van der Waals surface area contributed by atoms with Crippen LogP contribution in [0.3, 0.4) is 0 Å². The molecule has 59 heavy (non-hydrogen) atoms. The Morgan fingerprint density at radius 3 is 2.54 bits per heavy atom. The van der Waals surface area contributed by atoms with Crippen LogP contribution in [0.4, 0.5) is 5.69 Å². The number of aryl methyl sites for hydroxylation is 1. The van der Waals surface area contributed by atoms with Gasteiger partial charge in [-0.2, -0.15) is 0 Å². The lowest BCUT2D eigenvalue weighted by Gasteiger charge is -2.33. The molecule has 0 spiro atoms. The van der Waals surface area contributed by atoms with Crippen molar-refractivity contribution in [1.29, 1.82) is 0 Å². The lowest BCUT2D eigenvalue weighted by molar-refractivity contribution is -0.138. The first-order valence-electron chi connectivity index (χ1n) is 20.6. The summed E-state index contributed by atoms with van der Waals surface area (Å²) in [5, 5.41) is 36.5. The molecule has 1 amide bonds. The summed E-state index contributed by atoms with van der Waals surface area (Å²) >= 11 is 1.59. The number of rotatable bonds is 12. The summed E-state index contributed by atoms with van der Waals surface area (Å²) in [4.78, 5) is 41.1. The van der Waals surface area contributed by atoms with E-state index < -0.39 is 23.0 Å². The van der Waals surface area contributed by atoms with E-state index in [1.54, 1.807) is 23.5 Å². The highest BCUT2D eigenvalue weighted by Crippen LogP contribution is 2.44. The fourth-order valence-electron chi connectivity index (χ4n) is 8.98. The van der Waals surface area contributed by atoms with Gasteiger partial charge in [-0.05, 0) is 80.6 Å². The van der Waals surface area contributed by atoms with E-state index in [0.29, 0.717) is 17.3 Å². The molecule has 2 aliphatic heterocycles. The van der Waals surface area contributed by atoms with Crippen molar-refractivity contribution in [3.8, 4) is 27.4 Å². The first-order valence-corrected chi connectivity index (χ1v) is 21.4. The number of aliphatic hydroxyl groups excluding tert-OH is 1. The minimum Gasteiger partial charge on any atom is -0.507 e. The summed E-state index contributed by atoms with van der Waals surface area (Å²) < 4.78 is 2.45. The molecule has 0 radical (unpaired) electrons. The van der Waals surface area contributed by atoms with Crippen LogP contribution in [-0.4, -0.2) is 77.9 Å². The maximum Gasteiger partial charge on any atom is 0.248 e. The molecule has 3 aliphatic rings. The third-order valence-corrected chi connectivity index (χ3v) is 13.5. The maximum atomic E-state index is 14.4. The second kappa shape index (κ2) is 15.3. The number of benzene rings is 2. The Balaban J connectivity index is 0.901. The molecular weight excluding hydrogens is 761 g/mol. The van der Waals surface area contributed by atoms with Gasteiger partial charge in [-0.1, -0.05) is 50.2 Å². The number of Topliss-reactive ketones (excluding diaryl/α,β-unsaturated/α-hetero) is 1. The summed E-state index contributed by atoms with van der Waals surface area (Å²) in [5.74, 6) is -0.231. The summed E-state index contributed by atoms with van der Waals surface area (Å²) in [6.45, 7) is 9.73. The van der Waals surface area contributed by atoms with Crippen molar-refractivity contribution < 1.29 is 19.8 Å². The number of phenols is 1. The lowest BCUT2D eigenvalue weighted by atomic mass is 9.77. The number of phenolic OH excluding ortho intramolecular Hbond substituents is 1. The fraction of sp³-hybridized carbons (Fsp3) is 0.391. The number of ketones is 1. The van der Waals surface area contributed by atoms with Crippen molar-refractivity contribution in [2.24, 2.45) is 0 Å². The molecule has 2 aromatic carbocycles. The number of nitrogens with zero attached hydrogens (tertiary/aromatic N) is 6. The molecule has 1 saturated carbocycles. The smallest absolute Gasteiger partial charge is 0.248 e. The minimum atomic E-state index is -1.56. The molecule has 6 aromatic rings. The number of para-hydroxylation sites is 1. The van der Waals surface area contributed by atoms with Crippen molar-refractivity contribution >= 4 is 39.7 Å². The van der Waals surface area contributed by atoms with Crippen molar-refractivity contribution in [1.82, 2.24) is 35.4 Å². The fourth-order valence-corrected chi connectivity index (χ4v) is 9.80. The van der Waals surface area contributed by atoms with Crippen LogP contribution < -0.4 is 15.5 Å². The highest BCUT2D eigenvalue weighted by molar-refractivity contribution is 7.13. The Kier molecular flexibility index (Phi) is 10.1. The van der Waals surface area contributed by atoms with Crippen molar-refractivity contribution in [2.75, 3.05) is 24.5 Å². The van der Waals surface area contributed by atoms with Gasteiger partial charge >= 0.3 is 0 Å². The van der Waals surface area contributed by atoms with Gasteiger partial charge in [-0.3, -0.25) is 19.9 Å². The van der Waals surface area contributed by atoms with Crippen LogP contribution in [0.1, 0.15) is 93.5 Å². The predicted molar refractivity (Wildman–Crippen MR) is 230 cm³/mol. The monoisotopic (exact) mass is 810 g/mol. The van der Waals surface area contributed by atoms with E-state index in [-0.39, 0.29) is 42.9 Å². The number of hydrogen-bond donors (Lipinski definition) is 4. The molecule has 6 heterocycles. The lowest BCUT2D eigenvalue weighted by Crippen LogP contribution is -2.60. The van der Waals surface area contributed by atoms with E-state index in [4.69, 9.17) is 4.98 Å². The molecule has 13 heteroatoms. The molecule has 12 nitrogen and oxygen atoms in total. The predicted octanol–water partition coefficient (Wildman–Crippen LogP) is 7.17. The number of aromatic nitrogens is 5. The van der Waals surface area contributed by atoms with Gasteiger partial charge in [0, 0.05) is 78.7 Å². The molecule has 9 rings (SSSR count). The highest BCUT2D eigenvalue weighted by atomic mass is 32.1. The number of nitrogens with one attached hydrogen (secondary N) is 2. The van der Waals surface area contributed by atoms with Gasteiger partial charge < -0.3 is 25.0 Å². The number of fused-ring (bicyclic) bond motifs is 1. The number of aliphatic hydroxyl groups is 1. The van der Waals surface area contributed by atoms with Crippen molar-refractivity contribution in [3.05, 3.63) is 107 Å². The average molecular weight is 811 g/mol. The Morgan fingerprint density at radius 1 is 1.03 bits per heavy atom. The molecule has 4 aromatic heterocycles. The number of anilines is 1. The first kappa shape index (κ1) is 39.0. The number of amides is 1. The largest absolute Gasteiger partial charge is 0.507 e. The second-order valence-electron chi connectivity index (χ2n) is 17.2. The molecule has 4 atom stereocenters.